The van der Waals surface area contributed by atoms with E-state index in [0.717, 1.165) is 6.42 Å². The summed E-state index contributed by atoms with van der Waals surface area (Å²) in [5.74, 6) is 0. The molecular weight excluding hydrogens is 192 g/mol. The minimum absolute atomic E-state index is 0.0220. The van der Waals surface area contributed by atoms with E-state index in [1.54, 1.807) is 0 Å². The molecule has 1 heterocycles. The van der Waals surface area contributed by atoms with Crippen molar-refractivity contribution in [3.05, 3.63) is 0 Å². The highest BCUT2D eigenvalue weighted by Crippen LogP contribution is 2.13. The normalized spacial score (nSPS) is 26.2. The number of hydrogen-bond donors (Lipinski definition) is 1. The van der Waals surface area contributed by atoms with Gasteiger partial charge in [-0.2, -0.15) is 12.7 Å². The van der Waals surface area contributed by atoms with Gasteiger partial charge >= 0.3 is 0 Å². The molecule has 0 radical (unpaired) electrons. The maximum atomic E-state index is 11.5. The Hall–Kier alpha value is -0.170. The molecule has 13 heavy (non-hydrogen) atoms. The Morgan fingerprint density at radius 3 is 2.85 bits per heavy atom. The van der Waals surface area contributed by atoms with Crippen LogP contribution in [0.25, 0.3) is 0 Å². The van der Waals surface area contributed by atoms with Crippen molar-refractivity contribution in [2.75, 3.05) is 26.8 Å². The molecule has 1 rings (SSSR count). The number of nitrogens with zero attached hydrogens (tertiary/aromatic N) is 1. The molecule has 0 aliphatic carbocycles. The second-order valence-corrected chi connectivity index (χ2v) is 4.78. The van der Waals surface area contributed by atoms with E-state index < -0.39 is 10.2 Å². The first-order chi connectivity index (χ1) is 6.11. The van der Waals surface area contributed by atoms with Crippen molar-refractivity contribution >= 4 is 10.2 Å². The first-order valence-electron chi connectivity index (χ1n) is 4.40. The van der Waals surface area contributed by atoms with E-state index in [1.807, 2.05) is 6.92 Å². The van der Waals surface area contributed by atoms with Gasteiger partial charge in [0.1, 0.15) is 0 Å². The Morgan fingerprint density at radius 2 is 2.31 bits per heavy atom. The van der Waals surface area contributed by atoms with Crippen molar-refractivity contribution in [3.8, 4) is 0 Å². The van der Waals surface area contributed by atoms with Gasteiger partial charge in [-0.05, 0) is 6.42 Å². The molecule has 78 valence electrons. The predicted octanol–water partition coefficient (Wildman–Crippen LogP) is -0.439. The van der Waals surface area contributed by atoms with Crippen molar-refractivity contribution < 1.29 is 13.2 Å². The van der Waals surface area contributed by atoms with Gasteiger partial charge in [0.25, 0.3) is 10.2 Å². The monoisotopic (exact) mass is 208 g/mol. The zero-order valence-electron chi connectivity index (χ0n) is 7.99. The number of morpholine rings is 1. The standard InChI is InChI=1S/C7H16N2O3S/c1-3-7-6-12-5-4-9(7)13(10,11)8-2/h7-8H,3-6H2,1-2H3. The minimum Gasteiger partial charge on any atom is -0.378 e. The van der Waals surface area contributed by atoms with Crippen molar-refractivity contribution in [2.24, 2.45) is 0 Å². The molecule has 0 saturated carbocycles. The van der Waals surface area contributed by atoms with E-state index in [1.165, 1.54) is 11.4 Å². The lowest BCUT2D eigenvalue weighted by Gasteiger charge is -2.33. The highest BCUT2D eigenvalue weighted by atomic mass is 32.2. The zero-order chi connectivity index (χ0) is 9.90. The van der Waals surface area contributed by atoms with Crippen LogP contribution in [0.15, 0.2) is 0 Å². The van der Waals surface area contributed by atoms with Crippen LogP contribution in [0.4, 0.5) is 0 Å². The Labute approximate surface area is 79.2 Å². The number of nitrogens with one attached hydrogen (secondary N) is 1. The first kappa shape index (κ1) is 10.9. The van der Waals surface area contributed by atoms with Gasteiger partial charge in [-0.3, -0.25) is 0 Å². The fourth-order valence-electron chi connectivity index (χ4n) is 1.39. The number of ether oxygens (including phenoxy) is 1. The van der Waals surface area contributed by atoms with Crippen LogP contribution in [-0.4, -0.2) is 45.6 Å². The summed E-state index contributed by atoms with van der Waals surface area (Å²) >= 11 is 0. The zero-order valence-corrected chi connectivity index (χ0v) is 8.80. The molecule has 5 nitrogen and oxygen atoms in total. The molecule has 0 amide bonds. The van der Waals surface area contributed by atoms with Crippen LogP contribution in [0.1, 0.15) is 13.3 Å². The predicted molar refractivity (Wildman–Crippen MR) is 49.6 cm³/mol. The summed E-state index contributed by atoms with van der Waals surface area (Å²) < 4.78 is 32.0. The third kappa shape index (κ3) is 2.40. The van der Waals surface area contributed by atoms with Gasteiger partial charge in [0, 0.05) is 19.6 Å². The van der Waals surface area contributed by atoms with E-state index in [4.69, 9.17) is 4.74 Å². The van der Waals surface area contributed by atoms with Crippen molar-refractivity contribution in [3.63, 3.8) is 0 Å². The van der Waals surface area contributed by atoms with Crippen LogP contribution in [0.3, 0.4) is 0 Å². The molecule has 1 aliphatic rings. The fraction of sp³-hybridized carbons (Fsp3) is 1.00. The van der Waals surface area contributed by atoms with Crippen LogP contribution in [-0.2, 0) is 14.9 Å². The third-order valence-corrected chi connectivity index (χ3v) is 3.83. The number of rotatable bonds is 3. The Balaban J connectivity index is 2.75. The summed E-state index contributed by atoms with van der Waals surface area (Å²) in [4.78, 5) is 0. The average molecular weight is 208 g/mol. The molecule has 0 aromatic rings. The maximum Gasteiger partial charge on any atom is 0.279 e. The van der Waals surface area contributed by atoms with E-state index in [0.29, 0.717) is 19.8 Å². The Bertz CT molecular complexity index is 252. The highest BCUT2D eigenvalue weighted by Gasteiger charge is 2.30. The first-order valence-corrected chi connectivity index (χ1v) is 5.84. The van der Waals surface area contributed by atoms with E-state index in [9.17, 15) is 8.42 Å². The molecule has 0 aromatic heterocycles. The van der Waals surface area contributed by atoms with Crippen LogP contribution < -0.4 is 4.72 Å². The average Bonchev–Trinajstić information content (AvgIpc) is 2.18. The van der Waals surface area contributed by atoms with Crippen LogP contribution in [0.2, 0.25) is 0 Å². The SMILES string of the molecule is CCC1COCCN1S(=O)(=O)NC. The molecule has 0 spiro atoms. The highest BCUT2D eigenvalue weighted by molar-refractivity contribution is 7.87. The molecule has 6 heteroatoms. The summed E-state index contributed by atoms with van der Waals surface area (Å²) in [6.07, 6.45) is 0.779. The summed E-state index contributed by atoms with van der Waals surface area (Å²) in [5, 5.41) is 0. The smallest absolute Gasteiger partial charge is 0.279 e. The summed E-state index contributed by atoms with van der Waals surface area (Å²) in [7, 11) is -1.85. The largest absolute Gasteiger partial charge is 0.378 e. The molecular formula is C7H16N2O3S. The van der Waals surface area contributed by atoms with E-state index in [-0.39, 0.29) is 6.04 Å². The lowest BCUT2D eigenvalue weighted by Crippen LogP contribution is -2.51. The van der Waals surface area contributed by atoms with E-state index in [2.05, 4.69) is 4.72 Å². The summed E-state index contributed by atoms with van der Waals surface area (Å²) in [6.45, 7) is 3.38. The topological polar surface area (TPSA) is 58.6 Å². The van der Waals surface area contributed by atoms with Gasteiger partial charge in [-0.25, -0.2) is 4.72 Å². The maximum absolute atomic E-state index is 11.5. The van der Waals surface area contributed by atoms with Gasteiger partial charge < -0.3 is 4.74 Å². The Morgan fingerprint density at radius 1 is 1.62 bits per heavy atom. The van der Waals surface area contributed by atoms with Gasteiger partial charge in [-0.1, -0.05) is 6.92 Å². The molecule has 1 unspecified atom stereocenters. The molecule has 1 atom stereocenters. The molecule has 1 N–H and O–H groups in total. The second kappa shape index (κ2) is 4.36. The molecule has 0 aromatic carbocycles. The lowest BCUT2D eigenvalue weighted by atomic mass is 10.2. The fourth-order valence-corrected chi connectivity index (χ4v) is 2.55. The van der Waals surface area contributed by atoms with Gasteiger partial charge in [0.05, 0.1) is 13.2 Å². The minimum atomic E-state index is -3.28. The van der Waals surface area contributed by atoms with Crippen LogP contribution in [0, 0.1) is 0 Å². The molecule has 1 saturated heterocycles. The number of hydrogen-bond acceptors (Lipinski definition) is 3. The van der Waals surface area contributed by atoms with Gasteiger partial charge in [-0.15, -0.1) is 0 Å². The third-order valence-electron chi connectivity index (χ3n) is 2.21. The summed E-state index contributed by atoms with van der Waals surface area (Å²) in [6, 6.07) is -0.0220. The van der Waals surface area contributed by atoms with Gasteiger partial charge in [0.15, 0.2) is 0 Å². The Kier molecular flexibility index (Phi) is 3.66. The van der Waals surface area contributed by atoms with Crippen molar-refractivity contribution in [2.45, 2.75) is 19.4 Å². The van der Waals surface area contributed by atoms with Crippen LogP contribution in [0.5, 0.6) is 0 Å². The molecule has 1 fully saturated rings. The second-order valence-electron chi connectivity index (χ2n) is 2.96. The van der Waals surface area contributed by atoms with E-state index >= 15 is 0 Å². The lowest BCUT2D eigenvalue weighted by molar-refractivity contribution is 0.0309. The quantitative estimate of drug-likeness (QED) is 0.684. The van der Waals surface area contributed by atoms with Crippen molar-refractivity contribution in [1.29, 1.82) is 0 Å². The summed E-state index contributed by atoms with van der Waals surface area (Å²) in [5.41, 5.74) is 0. The van der Waals surface area contributed by atoms with Crippen LogP contribution >= 0.6 is 0 Å². The molecule has 0 bridgehead atoms. The molecule has 1 aliphatic heterocycles. The van der Waals surface area contributed by atoms with Gasteiger partial charge in [0.2, 0.25) is 0 Å². The van der Waals surface area contributed by atoms with Crippen molar-refractivity contribution in [1.82, 2.24) is 9.03 Å².